The van der Waals surface area contributed by atoms with Gasteiger partial charge < -0.3 is 24.6 Å². The van der Waals surface area contributed by atoms with E-state index in [-0.39, 0.29) is 11.9 Å². The van der Waals surface area contributed by atoms with Gasteiger partial charge in [-0.05, 0) is 43.9 Å². The molecule has 0 heterocycles. The molecule has 0 aliphatic carbocycles. The van der Waals surface area contributed by atoms with E-state index in [1.54, 1.807) is 32.4 Å². The third-order valence-electron chi connectivity index (χ3n) is 4.53. The molecule has 0 bridgehead atoms. The van der Waals surface area contributed by atoms with Gasteiger partial charge in [0.15, 0.2) is 0 Å². The van der Waals surface area contributed by atoms with Gasteiger partial charge in [0.1, 0.15) is 11.5 Å². The third kappa shape index (κ3) is 5.14. The summed E-state index contributed by atoms with van der Waals surface area (Å²) in [7, 11) is 11.2. The Hall–Kier alpha value is -2.73. The number of nitrogens with one attached hydrogen (secondary N) is 1. The first-order valence-corrected chi connectivity index (χ1v) is 8.81. The van der Waals surface area contributed by atoms with E-state index in [1.807, 2.05) is 28.2 Å². The van der Waals surface area contributed by atoms with Crippen LogP contribution < -0.4 is 19.7 Å². The van der Waals surface area contributed by atoms with Crippen molar-refractivity contribution in [2.24, 2.45) is 0 Å². The number of likely N-dealkylation sites (N-methyl/N-ethyl adjacent to an activating group) is 1. The first-order valence-electron chi connectivity index (χ1n) is 8.81. The fourth-order valence-corrected chi connectivity index (χ4v) is 2.86. The highest BCUT2D eigenvalue weighted by Gasteiger charge is 2.18. The van der Waals surface area contributed by atoms with Crippen LogP contribution in [-0.4, -0.2) is 59.8 Å². The summed E-state index contributed by atoms with van der Waals surface area (Å²) >= 11 is 0. The second kappa shape index (κ2) is 9.28. The number of amides is 1. The molecule has 6 heteroatoms. The zero-order chi connectivity index (χ0) is 20.0. The topological polar surface area (TPSA) is 54.0 Å². The van der Waals surface area contributed by atoms with E-state index in [0.29, 0.717) is 23.6 Å². The first kappa shape index (κ1) is 20.6. The van der Waals surface area contributed by atoms with Crippen molar-refractivity contribution in [2.45, 2.75) is 6.04 Å². The summed E-state index contributed by atoms with van der Waals surface area (Å²) < 4.78 is 10.5. The summed E-state index contributed by atoms with van der Waals surface area (Å²) in [6.45, 7) is 0.488. The highest BCUT2D eigenvalue weighted by Crippen LogP contribution is 2.25. The van der Waals surface area contributed by atoms with E-state index in [1.165, 1.54) is 0 Å². The normalized spacial score (nSPS) is 11.8. The minimum absolute atomic E-state index is 0.0643. The fourth-order valence-electron chi connectivity index (χ4n) is 2.86. The van der Waals surface area contributed by atoms with E-state index in [2.05, 4.69) is 39.4 Å². The van der Waals surface area contributed by atoms with Gasteiger partial charge >= 0.3 is 0 Å². The van der Waals surface area contributed by atoms with Crippen molar-refractivity contribution in [3.05, 3.63) is 53.6 Å². The molecule has 2 rings (SSSR count). The van der Waals surface area contributed by atoms with E-state index in [4.69, 9.17) is 9.47 Å². The number of nitrogens with zero attached hydrogens (tertiary/aromatic N) is 2. The number of benzene rings is 2. The van der Waals surface area contributed by atoms with Crippen LogP contribution in [0.3, 0.4) is 0 Å². The molecule has 6 nitrogen and oxygen atoms in total. The summed E-state index contributed by atoms with van der Waals surface area (Å²) in [6, 6.07) is 13.6. The Morgan fingerprint density at radius 2 is 1.67 bits per heavy atom. The third-order valence-corrected chi connectivity index (χ3v) is 4.53. The fraction of sp³-hybridized carbons (Fsp3) is 0.381. The Bertz CT molecular complexity index is 758. The summed E-state index contributed by atoms with van der Waals surface area (Å²) in [4.78, 5) is 16.8. The minimum atomic E-state index is -0.175. The van der Waals surface area contributed by atoms with Crippen molar-refractivity contribution >= 4 is 11.6 Å². The molecule has 0 saturated heterocycles. The molecule has 0 radical (unpaired) electrons. The molecular weight excluding hydrogens is 342 g/mol. The van der Waals surface area contributed by atoms with Crippen LogP contribution in [0.5, 0.6) is 11.5 Å². The highest BCUT2D eigenvalue weighted by atomic mass is 16.5. The van der Waals surface area contributed by atoms with Crippen LogP contribution in [0, 0.1) is 0 Å². The van der Waals surface area contributed by atoms with Crippen molar-refractivity contribution < 1.29 is 14.3 Å². The number of anilines is 1. The largest absolute Gasteiger partial charge is 0.497 e. The molecule has 27 heavy (non-hydrogen) atoms. The van der Waals surface area contributed by atoms with Crippen LogP contribution in [0.2, 0.25) is 0 Å². The predicted octanol–water partition coefficient (Wildman–Crippen LogP) is 2.80. The van der Waals surface area contributed by atoms with Gasteiger partial charge in [-0.15, -0.1) is 0 Å². The van der Waals surface area contributed by atoms with Gasteiger partial charge in [-0.2, -0.15) is 0 Å². The predicted molar refractivity (Wildman–Crippen MR) is 109 cm³/mol. The molecule has 1 amide bonds. The van der Waals surface area contributed by atoms with Crippen molar-refractivity contribution in [3.8, 4) is 11.5 Å². The quantitative estimate of drug-likeness (QED) is 0.773. The SMILES string of the molecule is COc1ccc(C(=O)NC[C@H](c2ccc(N(C)C)cc2)N(C)C)c(OC)c1. The Labute approximate surface area is 161 Å². The molecule has 0 unspecified atom stereocenters. The van der Waals surface area contributed by atoms with Crippen molar-refractivity contribution in [1.29, 1.82) is 0 Å². The minimum Gasteiger partial charge on any atom is -0.497 e. The van der Waals surface area contributed by atoms with Crippen molar-refractivity contribution in [2.75, 3.05) is 53.9 Å². The number of rotatable bonds is 8. The van der Waals surface area contributed by atoms with Gasteiger partial charge in [0, 0.05) is 32.4 Å². The average Bonchev–Trinajstić information content (AvgIpc) is 2.67. The molecule has 1 atom stereocenters. The molecule has 0 saturated carbocycles. The summed E-state index contributed by atoms with van der Waals surface area (Å²) in [5, 5.41) is 3.02. The molecule has 1 N–H and O–H groups in total. The van der Waals surface area contributed by atoms with Crippen LogP contribution in [0.25, 0.3) is 0 Å². The maximum absolute atomic E-state index is 12.7. The zero-order valence-corrected chi connectivity index (χ0v) is 16.9. The zero-order valence-electron chi connectivity index (χ0n) is 16.9. The Morgan fingerprint density at radius 1 is 1.00 bits per heavy atom. The second-order valence-corrected chi connectivity index (χ2v) is 6.74. The lowest BCUT2D eigenvalue weighted by Gasteiger charge is -2.26. The van der Waals surface area contributed by atoms with Gasteiger partial charge in [-0.3, -0.25) is 4.79 Å². The molecule has 0 aromatic heterocycles. The Kier molecular flexibility index (Phi) is 7.07. The molecule has 0 aliphatic heterocycles. The number of hydrogen-bond acceptors (Lipinski definition) is 5. The van der Waals surface area contributed by atoms with Crippen LogP contribution in [0.4, 0.5) is 5.69 Å². The van der Waals surface area contributed by atoms with E-state index >= 15 is 0 Å². The smallest absolute Gasteiger partial charge is 0.255 e. The second-order valence-electron chi connectivity index (χ2n) is 6.74. The average molecular weight is 371 g/mol. The van der Waals surface area contributed by atoms with Gasteiger partial charge in [-0.25, -0.2) is 0 Å². The maximum atomic E-state index is 12.7. The summed E-state index contributed by atoms with van der Waals surface area (Å²) in [6.07, 6.45) is 0. The number of methoxy groups -OCH3 is 2. The molecule has 0 spiro atoms. The molecular formula is C21H29N3O3. The molecule has 146 valence electrons. The molecule has 0 aliphatic rings. The monoisotopic (exact) mass is 371 g/mol. The summed E-state index contributed by atoms with van der Waals surface area (Å²) in [5.41, 5.74) is 2.77. The van der Waals surface area contributed by atoms with Gasteiger partial charge in [-0.1, -0.05) is 12.1 Å². The molecule has 0 fully saturated rings. The van der Waals surface area contributed by atoms with Gasteiger partial charge in [0.05, 0.1) is 25.8 Å². The lowest BCUT2D eigenvalue weighted by molar-refractivity contribution is 0.0939. The number of hydrogen-bond donors (Lipinski definition) is 1. The Morgan fingerprint density at radius 3 is 2.19 bits per heavy atom. The number of carbonyl (C=O) groups is 1. The standard InChI is InChI=1S/C21H29N3O3/c1-23(2)16-9-7-15(8-10-16)19(24(3)4)14-22-21(25)18-12-11-17(26-5)13-20(18)27-6/h7-13,19H,14H2,1-6H3,(H,22,25)/t19-/m1/s1. The van der Waals surface area contributed by atoms with Crippen LogP contribution >= 0.6 is 0 Å². The number of carbonyl (C=O) groups excluding carboxylic acids is 1. The van der Waals surface area contributed by atoms with E-state index < -0.39 is 0 Å². The lowest BCUT2D eigenvalue weighted by Crippen LogP contribution is -2.34. The first-order chi connectivity index (χ1) is 12.9. The lowest BCUT2D eigenvalue weighted by atomic mass is 10.0. The van der Waals surface area contributed by atoms with Gasteiger partial charge in [0.2, 0.25) is 0 Å². The Balaban J connectivity index is 2.13. The van der Waals surface area contributed by atoms with Crippen molar-refractivity contribution in [1.82, 2.24) is 10.2 Å². The van der Waals surface area contributed by atoms with Crippen LogP contribution in [0.1, 0.15) is 22.0 Å². The van der Waals surface area contributed by atoms with Gasteiger partial charge in [0.25, 0.3) is 5.91 Å². The van der Waals surface area contributed by atoms with Crippen LogP contribution in [-0.2, 0) is 0 Å². The highest BCUT2D eigenvalue weighted by molar-refractivity contribution is 5.97. The molecule has 2 aromatic rings. The van der Waals surface area contributed by atoms with E-state index in [9.17, 15) is 4.79 Å². The maximum Gasteiger partial charge on any atom is 0.255 e. The van der Waals surface area contributed by atoms with E-state index in [0.717, 1.165) is 11.3 Å². The summed E-state index contributed by atoms with van der Waals surface area (Å²) in [5.74, 6) is 0.963. The van der Waals surface area contributed by atoms with Crippen LogP contribution in [0.15, 0.2) is 42.5 Å². The molecule has 2 aromatic carbocycles. The number of ether oxygens (including phenoxy) is 2. The van der Waals surface area contributed by atoms with Crippen molar-refractivity contribution in [3.63, 3.8) is 0 Å².